The van der Waals surface area contributed by atoms with Crippen molar-refractivity contribution in [1.29, 1.82) is 0 Å². The maximum absolute atomic E-state index is 12.3. The molecule has 0 aromatic carbocycles. The topological polar surface area (TPSA) is 63.9 Å². The smallest absolute Gasteiger partial charge is 0.233 e. The number of thioether (sulfide) groups is 1. The fraction of sp³-hybridized carbons (Fsp3) is 0.571. The van der Waals surface area contributed by atoms with Crippen LogP contribution in [0.5, 0.6) is 0 Å². The van der Waals surface area contributed by atoms with Crippen molar-refractivity contribution in [3.8, 4) is 0 Å². The molecular formula is C14H19N5OS2. The number of thiophene rings is 1. The van der Waals surface area contributed by atoms with Crippen molar-refractivity contribution in [1.82, 2.24) is 25.1 Å². The van der Waals surface area contributed by atoms with E-state index in [0.717, 1.165) is 25.9 Å². The molecule has 0 aliphatic carbocycles. The summed E-state index contributed by atoms with van der Waals surface area (Å²) in [4.78, 5) is 15.5. The Hall–Kier alpha value is -1.41. The first-order chi connectivity index (χ1) is 10.8. The van der Waals surface area contributed by atoms with Crippen LogP contribution in [0.25, 0.3) is 0 Å². The Labute approximate surface area is 137 Å². The second-order valence-corrected chi connectivity index (χ2v) is 7.26. The lowest BCUT2D eigenvalue weighted by molar-refractivity contribution is -0.128. The van der Waals surface area contributed by atoms with Crippen LogP contribution in [0, 0.1) is 0 Å². The zero-order valence-electron chi connectivity index (χ0n) is 12.3. The third kappa shape index (κ3) is 4.07. The third-order valence-electron chi connectivity index (χ3n) is 3.67. The summed E-state index contributed by atoms with van der Waals surface area (Å²) < 4.78 is 1.76. The molecule has 1 amide bonds. The monoisotopic (exact) mass is 337 g/mol. The van der Waals surface area contributed by atoms with E-state index in [0.29, 0.717) is 17.5 Å². The highest BCUT2D eigenvalue weighted by atomic mass is 32.2. The van der Waals surface area contributed by atoms with Crippen molar-refractivity contribution in [2.24, 2.45) is 0 Å². The fourth-order valence-corrected chi connectivity index (χ4v) is 3.95. The lowest BCUT2D eigenvalue weighted by Gasteiger charge is -2.19. The van der Waals surface area contributed by atoms with Gasteiger partial charge >= 0.3 is 0 Å². The molecule has 1 fully saturated rings. The molecule has 118 valence electrons. The summed E-state index contributed by atoms with van der Waals surface area (Å²) in [5.41, 5.74) is 0. The van der Waals surface area contributed by atoms with Crippen LogP contribution in [0.15, 0.2) is 22.7 Å². The van der Waals surface area contributed by atoms with Crippen molar-refractivity contribution >= 4 is 29.0 Å². The summed E-state index contributed by atoms with van der Waals surface area (Å²) >= 11 is 3.10. The van der Waals surface area contributed by atoms with Gasteiger partial charge in [-0.05, 0) is 34.7 Å². The molecule has 6 nitrogen and oxygen atoms in total. The van der Waals surface area contributed by atoms with Gasteiger partial charge in [-0.2, -0.15) is 0 Å². The van der Waals surface area contributed by atoms with Crippen molar-refractivity contribution < 1.29 is 4.79 Å². The molecule has 0 N–H and O–H groups in total. The van der Waals surface area contributed by atoms with Gasteiger partial charge in [0.1, 0.15) is 0 Å². The van der Waals surface area contributed by atoms with E-state index in [1.807, 2.05) is 16.3 Å². The molecule has 0 unspecified atom stereocenters. The van der Waals surface area contributed by atoms with Gasteiger partial charge in [0.25, 0.3) is 0 Å². The van der Waals surface area contributed by atoms with Crippen LogP contribution in [-0.4, -0.2) is 49.9 Å². The molecule has 0 saturated carbocycles. The number of amides is 1. The Bertz CT molecular complexity index is 590. The zero-order valence-corrected chi connectivity index (χ0v) is 14.0. The number of carbonyl (C=O) groups is 1. The second kappa shape index (κ2) is 7.73. The summed E-state index contributed by atoms with van der Waals surface area (Å²) in [5, 5.41) is 14.5. The van der Waals surface area contributed by atoms with Gasteiger partial charge in [0.2, 0.25) is 11.1 Å². The van der Waals surface area contributed by atoms with Crippen LogP contribution in [0.4, 0.5) is 0 Å². The minimum Gasteiger partial charge on any atom is -0.342 e. The predicted molar refractivity (Wildman–Crippen MR) is 87.0 cm³/mol. The van der Waals surface area contributed by atoms with Crippen molar-refractivity contribution in [3.05, 3.63) is 22.4 Å². The summed E-state index contributed by atoms with van der Waals surface area (Å²) in [5.74, 6) is 0.600. The lowest BCUT2D eigenvalue weighted by Crippen LogP contribution is -2.33. The minimum absolute atomic E-state index is 0.192. The summed E-state index contributed by atoms with van der Waals surface area (Å²) in [6.45, 7) is 2.43. The van der Waals surface area contributed by atoms with E-state index in [4.69, 9.17) is 0 Å². The number of hydrogen-bond acceptors (Lipinski definition) is 6. The van der Waals surface area contributed by atoms with Crippen molar-refractivity contribution in [2.45, 2.75) is 37.4 Å². The Morgan fingerprint density at radius 3 is 2.82 bits per heavy atom. The normalized spacial score (nSPS) is 15.7. The quantitative estimate of drug-likeness (QED) is 0.783. The van der Waals surface area contributed by atoms with E-state index in [-0.39, 0.29) is 5.91 Å². The molecule has 8 heteroatoms. The van der Waals surface area contributed by atoms with Crippen LogP contribution >= 0.6 is 23.1 Å². The average Bonchev–Trinajstić information content (AvgIpc) is 3.11. The zero-order chi connectivity index (χ0) is 15.2. The molecule has 3 heterocycles. The Morgan fingerprint density at radius 1 is 1.27 bits per heavy atom. The minimum atomic E-state index is 0.192. The third-order valence-corrected chi connectivity index (χ3v) is 5.47. The molecule has 1 saturated heterocycles. The number of likely N-dealkylation sites (tertiary alicyclic amines) is 1. The lowest BCUT2D eigenvalue weighted by atomic mass is 10.2. The number of carbonyl (C=O) groups excluding carboxylic acids is 1. The number of tetrazole rings is 1. The van der Waals surface area contributed by atoms with E-state index >= 15 is 0 Å². The van der Waals surface area contributed by atoms with Gasteiger partial charge < -0.3 is 4.90 Å². The average molecular weight is 337 g/mol. The number of hydrogen-bond donors (Lipinski definition) is 0. The van der Waals surface area contributed by atoms with Crippen LogP contribution in [0.3, 0.4) is 0 Å². The summed E-state index contributed by atoms with van der Waals surface area (Å²) in [6.07, 6.45) is 4.70. The molecule has 1 aliphatic heterocycles. The molecular weight excluding hydrogens is 318 g/mol. The van der Waals surface area contributed by atoms with Gasteiger partial charge in [0.15, 0.2) is 0 Å². The van der Waals surface area contributed by atoms with Gasteiger partial charge in [-0.15, -0.1) is 16.4 Å². The molecule has 2 aromatic heterocycles. The van der Waals surface area contributed by atoms with E-state index in [1.165, 1.54) is 29.5 Å². The Morgan fingerprint density at radius 2 is 2.09 bits per heavy atom. The van der Waals surface area contributed by atoms with Crippen molar-refractivity contribution in [3.63, 3.8) is 0 Å². The van der Waals surface area contributed by atoms with Gasteiger partial charge in [-0.1, -0.05) is 30.7 Å². The molecule has 0 spiro atoms. The predicted octanol–water partition coefficient (Wildman–Crippen LogP) is 2.28. The standard InChI is InChI=1S/C14H19N5OS2/c20-13(18-7-3-1-2-4-8-18)11-22-14-15-16-17-19(14)10-12-6-5-9-21-12/h5-6,9H,1-4,7-8,10-11H2. The van der Waals surface area contributed by atoms with E-state index in [9.17, 15) is 4.79 Å². The van der Waals surface area contributed by atoms with Crippen molar-refractivity contribution in [2.75, 3.05) is 18.8 Å². The van der Waals surface area contributed by atoms with Gasteiger partial charge in [-0.3, -0.25) is 4.79 Å². The van der Waals surface area contributed by atoms with E-state index in [1.54, 1.807) is 16.0 Å². The Balaban J connectivity index is 1.55. The number of rotatable bonds is 5. The molecule has 0 bridgehead atoms. The molecule has 1 aliphatic rings. The van der Waals surface area contributed by atoms with Gasteiger partial charge in [0.05, 0.1) is 12.3 Å². The first-order valence-electron chi connectivity index (χ1n) is 7.52. The Kier molecular flexibility index (Phi) is 5.44. The SMILES string of the molecule is O=C(CSc1nnnn1Cc1cccs1)N1CCCCCC1. The van der Waals surface area contributed by atoms with Gasteiger partial charge in [-0.25, -0.2) is 4.68 Å². The first kappa shape index (κ1) is 15.5. The molecule has 0 radical (unpaired) electrons. The largest absolute Gasteiger partial charge is 0.342 e. The van der Waals surface area contributed by atoms with Crippen LogP contribution < -0.4 is 0 Å². The van der Waals surface area contributed by atoms with Gasteiger partial charge in [0, 0.05) is 18.0 Å². The molecule has 22 heavy (non-hydrogen) atoms. The number of aromatic nitrogens is 4. The molecule has 3 rings (SSSR count). The first-order valence-corrected chi connectivity index (χ1v) is 9.38. The summed E-state index contributed by atoms with van der Waals surface area (Å²) in [7, 11) is 0. The highest BCUT2D eigenvalue weighted by Crippen LogP contribution is 2.18. The number of nitrogens with zero attached hydrogens (tertiary/aromatic N) is 5. The summed E-state index contributed by atoms with van der Waals surface area (Å²) in [6, 6.07) is 4.07. The fourth-order valence-electron chi connectivity index (χ4n) is 2.49. The molecule has 2 aromatic rings. The highest BCUT2D eigenvalue weighted by Gasteiger charge is 2.17. The van der Waals surface area contributed by atoms with Crippen LogP contribution in [0.2, 0.25) is 0 Å². The second-order valence-electron chi connectivity index (χ2n) is 5.28. The maximum atomic E-state index is 12.3. The maximum Gasteiger partial charge on any atom is 0.233 e. The highest BCUT2D eigenvalue weighted by molar-refractivity contribution is 7.99. The van der Waals surface area contributed by atoms with E-state index < -0.39 is 0 Å². The van der Waals surface area contributed by atoms with Crippen LogP contribution in [0.1, 0.15) is 30.6 Å². The molecule has 0 atom stereocenters. The van der Waals surface area contributed by atoms with E-state index in [2.05, 4.69) is 21.6 Å². The van der Waals surface area contributed by atoms with Crippen LogP contribution in [-0.2, 0) is 11.3 Å².